The number of carboxylic acids is 1. The topological polar surface area (TPSA) is 49.7 Å². The minimum Gasteiger partial charge on any atom is -0.477 e. The van der Waals surface area contributed by atoms with E-state index in [4.69, 9.17) is 5.11 Å². The first-order chi connectivity index (χ1) is 5.01. The van der Waals surface area contributed by atoms with Gasteiger partial charge in [-0.3, -0.25) is 4.99 Å². The summed E-state index contributed by atoms with van der Waals surface area (Å²) in [6.45, 7) is 3.86. The van der Waals surface area contributed by atoms with Crippen LogP contribution in [-0.4, -0.2) is 22.0 Å². The molecule has 0 saturated carbocycles. The zero-order valence-corrected chi connectivity index (χ0v) is 7.18. The lowest BCUT2D eigenvalue weighted by Gasteiger charge is -2.20. The van der Waals surface area contributed by atoms with E-state index in [1.54, 1.807) is 6.21 Å². The first-order valence-corrected chi connectivity index (χ1v) is 4.00. The van der Waals surface area contributed by atoms with Gasteiger partial charge in [0.2, 0.25) is 0 Å². The monoisotopic (exact) mass is 171 g/mol. The van der Waals surface area contributed by atoms with Crippen molar-refractivity contribution in [2.24, 2.45) is 4.99 Å². The molecule has 1 aliphatic heterocycles. The Kier molecular flexibility index (Phi) is 2.04. The number of aliphatic carboxylic acids is 1. The van der Waals surface area contributed by atoms with Crippen molar-refractivity contribution >= 4 is 23.9 Å². The molecule has 11 heavy (non-hydrogen) atoms. The molecule has 0 radical (unpaired) electrons. The van der Waals surface area contributed by atoms with Crippen LogP contribution < -0.4 is 0 Å². The molecule has 0 saturated heterocycles. The third kappa shape index (κ3) is 2.08. The zero-order valence-electron chi connectivity index (χ0n) is 6.37. The molecule has 0 unspecified atom stereocenters. The minimum absolute atomic E-state index is 0.192. The molecule has 1 heterocycles. The van der Waals surface area contributed by atoms with Crippen LogP contribution in [0, 0.1) is 0 Å². The van der Waals surface area contributed by atoms with Gasteiger partial charge in [0.05, 0.1) is 4.75 Å². The summed E-state index contributed by atoms with van der Waals surface area (Å²) in [5.41, 5.74) is 0. The van der Waals surface area contributed by atoms with E-state index in [2.05, 4.69) is 4.99 Å². The molecule has 1 rings (SSSR count). The fourth-order valence-electron chi connectivity index (χ4n) is 0.719. The van der Waals surface area contributed by atoms with Crippen LogP contribution in [0.4, 0.5) is 0 Å². The van der Waals surface area contributed by atoms with Gasteiger partial charge >= 0.3 is 5.97 Å². The molecule has 0 atom stereocenters. The number of thioether (sulfide) groups is 1. The van der Waals surface area contributed by atoms with E-state index in [-0.39, 0.29) is 4.75 Å². The molecular weight excluding hydrogens is 162 g/mol. The summed E-state index contributed by atoms with van der Waals surface area (Å²) in [4.78, 5) is 14.6. The van der Waals surface area contributed by atoms with Crippen LogP contribution in [0.25, 0.3) is 0 Å². The van der Waals surface area contributed by atoms with Gasteiger partial charge in [0.25, 0.3) is 0 Å². The molecule has 1 N–H and O–H groups in total. The van der Waals surface area contributed by atoms with Gasteiger partial charge in [-0.05, 0) is 13.8 Å². The zero-order chi connectivity index (χ0) is 8.48. The fraction of sp³-hybridized carbons (Fsp3) is 0.429. The van der Waals surface area contributed by atoms with Crippen molar-refractivity contribution in [2.75, 3.05) is 0 Å². The lowest BCUT2D eigenvalue weighted by atomic mass is 10.2. The van der Waals surface area contributed by atoms with Gasteiger partial charge in [0.15, 0.2) is 0 Å². The summed E-state index contributed by atoms with van der Waals surface area (Å²) in [6.07, 6.45) is 3.11. The predicted octanol–water partition coefficient (Wildman–Crippen LogP) is 1.51. The summed E-state index contributed by atoms with van der Waals surface area (Å²) in [5.74, 6) is -0.903. The second kappa shape index (κ2) is 2.70. The third-order valence-corrected chi connectivity index (χ3v) is 2.29. The first-order valence-electron chi connectivity index (χ1n) is 3.18. The van der Waals surface area contributed by atoms with Crippen LogP contribution in [0.2, 0.25) is 0 Å². The number of hydrogen-bond donors (Lipinski definition) is 1. The van der Waals surface area contributed by atoms with E-state index in [1.807, 2.05) is 13.8 Å². The molecule has 0 fully saturated rings. The number of carbonyl (C=O) groups is 1. The highest BCUT2D eigenvalue weighted by Crippen LogP contribution is 2.32. The average molecular weight is 171 g/mol. The summed E-state index contributed by atoms with van der Waals surface area (Å²) < 4.78 is -0.192. The van der Waals surface area contributed by atoms with Gasteiger partial charge in [-0.15, -0.1) is 11.8 Å². The first kappa shape index (κ1) is 8.33. The lowest BCUT2D eigenvalue weighted by Crippen LogP contribution is -2.20. The highest BCUT2D eigenvalue weighted by molar-refractivity contribution is 8.05. The highest BCUT2D eigenvalue weighted by Gasteiger charge is 2.24. The lowest BCUT2D eigenvalue weighted by molar-refractivity contribution is -0.131. The Balaban J connectivity index is 2.81. The molecule has 0 bridgehead atoms. The normalized spacial score (nSPS) is 21.1. The molecule has 0 aromatic rings. The van der Waals surface area contributed by atoms with Crippen molar-refractivity contribution in [3.8, 4) is 0 Å². The molecule has 3 nitrogen and oxygen atoms in total. The van der Waals surface area contributed by atoms with Crippen LogP contribution in [0.15, 0.2) is 16.1 Å². The predicted molar refractivity (Wildman–Crippen MR) is 45.9 cm³/mol. The van der Waals surface area contributed by atoms with Crippen molar-refractivity contribution in [1.29, 1.82) is 0 Å². The molecule has 0 aliphatic carbocycles. The summed E-state index contributed by atoms with van der Waals surface area (Å²) in [6, 6.07) is 0. The average Bonchev–Trinajstić information content (AvgIpc) is 1.85. The summed E-state index contributed by atoms with van der Waals surface area (Å²) in [7, 11) is 0. The smallest absolute Gasteiger partial charge is 0.343 e. The molecular formula is C7H9NO2S. The third-order valence-electron chi connectivity index (χ3n) is 1.16. The maximum atomic E-state index is 10.5. The van der Waals surface area contributed by atoms with Crippen molar-refractivity contribution in [3.05, 3.63) is 11.1 Å². The number of aliphatic imine (C=N–C) groups is 1. The SMILES string of the molecule is CC1(C)C=NC=C(C(=O)O)S1. The molecule has 0 aromatic heterocycles. The number of nitrogens with zero attached hydrogens (tertiary/aromatic N) is 1. The molecule has 0 spiro atoms. The maximum absolute atomic E-state index is 10.5. The number of carboxylic acid groups (broad SMARTS) is 1. The van der Waals surface area contributed by atoms with E-state index >= 15 is 0 Å². The summed E-state index contributed by atoms with van der Waals surface area (Å²) >= 11 is 1.31. The van der Waals surface area contributed by atoms with Gasteiger partial charge in [0, 0.05) is 12.4 Å². The molecule has 4 heteroatoms. The minimum atomic E-state index is -0.903. The molecule has 1 aliphatic rings. The second-order valence-corrected chi connectivity index (χ2v) is 4.48. The van der Waals surface area contributed by atoms with Crippen molar-refractivity contribution in [2.45, 2.75) is 18.6 Å². The van der Waals surface area contributed by atoms with Gasteiger partial charge in [-0.25, -0.2) is 4.79 Å². The van der Waals surface area contributed by atoms with Crippen molar-refractivity contribution in [1.82, 2.24) is 0 Å². The summed E-state index contributed by atoms with van der Waals surface area (Å²) in [5, 5.41) is 8.61. The van der Waals surface area contributed by atoms with Crippen molar-refractivity contribution in [3.63, 3.8) is 0 Å². The molecule has 60 valence electrons. The van der Waals surface area contributed by atoms with Crippen LogP contribution in [0.3, 0.4) is 0 Å². The number of hydrogen-bond acceptors (Lipinski definition) is 3. The van der Waals surface area contributed by atoms with E-state index in [9.17, 15) is 4.79 Å². The van der Waals surface area contributed by atoms with E-state index in [0.29, 0.717) is 4.91 Å². The maximum Gasteiger partial charge on any atom is 0.343 e. The van der Waals surface area contributed by atoms with Crippen LogP contribution >= 0.6 is 11.8 Å². The van der Waals surface area contributed by atoms with Crippen molar-refractivity contribution < 1.29 is 9.90 Å². The van der Waals surface area contributed by atoms with E-state index in [0.717, 1.165) is 0 Å². The van der Waals surface area contributed by atoms with Gasteiger partial charge in [0.1, 0.15) is 4.91 Å². The Morgan fingerprint density at radius 3 is 2.73 bits per heavy atom. The van der Waals surface area contributed by atoms with Gasteiger partial charge in [-0.2, -0.15) is 0 Å². The Labute approximate surface area is 69.2 Å². The largest absolute Gasteiger partial charge is 0.477 e. The highest BCUT2D eigenvalue weighted by atomic mass is 32.2. The Morgan fingerprint density at radius 2 is 2.36 bits per heavy atom. The van der Waals surface area contributed by atoms with Crippen LogP contribution in [0.1, 0.15) is 13.8 Å². The Hall–Kier alpha value is -0.770. The van der Waals surface area contributed by atoms with Gasteiger partial charge < -0.3 is 5.11 Å². The quantitative estimate of drug-likeness (QED) is 0.650. The Bertz CT molecular complexity index is 243. The molecule has 0 aromatic carbocycles. The molecule has 0 amide bonds. The van der Waals surface area contributed by atoms with E-state index < -0.39 is 5.97 Å². The van der Waals surface area contributed by atoms with Crippen LogP contribution in [-0.2, 0) is 4.79 Å². The fourth-order valence-corrected chi connectivity index (χ4v) is 1.60. The van der Waals surface area contributed by atoms with Gasteiger partial charge in [-0.1, -0.05) is 0 Å². The van der Waals surface area contributed by atoms with E-state index in [1.165, 1.54) is 18.0 Å². The standard InChI is InChI=1S/C7H9NO2S/c1-7(2)4-8-3-5(11-7)6(9)10/h3-4H,1-2H3,(H,9,10). The Morgan fingerprint density at radius 1 is 1.73 bits per heavy atom. The number of rotatable bonds is 1. The second-order valence-electron chi connectivity index (χ2n) is 2.78. The van der Waals surface area contributed by atoms with Crippen LogP contribution in [0.5, 0.6) is 0 Å².